The topological polar surface area (TPSA) is 152 Å². The number of nitrogens with zero attached hydrogens (tertiary/aromatic N) is 4. The summed E-state index contributed by atoms with van der Waals surface area (Å²) in [5.41, 5.74) is 4.54. The van der Waals surface area contributed by atoms with Gasteiger partial charge in [-0.05, 0) is 97.7 Å². The number of piperidine rings is 2. The van der Waals surface area contributed by atoms with Gasteiger partial charge in [0.05, 0.1) is 21.7 Å². The minimum Gasteiger partial charge on any atom is -0.489 e. The van der Waals surface area contributed by atoms with Crippen molar-refractivity contribution in [1.82, 2.24) is 20.4 Å². The highest BCUT2D eigenvalue weighted by Crippen LogP contribution is 2.56. The van der Waals surface area contributed by atoms with Crippen molar-refractivity contribution in [2.45, 2.75) is 84.4 Å². The van der Waals surface area contributed by atoms with Crippen molar-refractivity contribution in [3.63, 3.8) is 0 Å². The van der Waals surface area contributed by atoms with E-state index in [9.17, 15) is 29.2 Å². The first-order chi connectivity index (χ1) is 28.1. The predicted octanol–water partition coefficient (Wildman–Crippen LogP) is 5.54. The third kappa shape index (κ3) is 6.67. The first-order valence-corrected chi connectivity index (χ1v) is 21.1. The number of halogens is 1. The van der Waals surface area contributed by atoms with Crippen LogP contribution in [0.15, 0.2) is 54.6 Å². The number of hydrogen-bond acceptors (Lipinski definition) is 9. The monoisotopic (exact) mass is 816 g/mol. The second kappa shape index (κ2) is 14.2. The van der Waals surface area contributed by atoms with Crippen LogP contribution in [0.5, 0.6) is 5.75 Å². The summed E-state index contributed by atoms with van der Waals surface area (Å²) in [5, 5.41) is 15.1. The molecule has 59 heavy (non-hydrogen) atoms. The van der Waals surface area contributed by atoms with E-state index in [1.807, 2.05) is 36.4 Å². The molecule has 306 valence electrons. The van der Waals surface area contributed by atoms with E-state index in [0.29, 0.717) is 38.9 Å². The van der Waals surface area contributed by atoms with Gasteiger partial charge in [0.25, 0.3) is 17.7 Å². The molecule has 1 saturated carbocycles. The number of likely N-dealkylation sites (tertiary alicyclic amines) is 1. The van der Waals surface area contributed by atoms with Gasteiger partial charge < -0.3 is 19.9 Å². The normalized spacial score (nSPS) is 25.5. The summed E-state index contributed by atoms with van der Waals surface area (Å²) in [7, 11) is 0. The van der Waals surface area contributed by atoms with Crippen LogP contribution in [0.2, 0.25) is 5.02 Å². The lowest BCUT2D eigenvalue weighted by Crippen LogP contribution is -2.74. The van der Waals surface area contributed by atoms with Crippen LogP contribution in [0, 0.1) is 33.5 Å². The first kappa shape index (κ1) is 39.2. The van der Waals surface area contributed by atoms with E-state index < -0.39 is 23.8 Å². The van der Waals surface area contributed by atoms with Gasteiger partial charge >= 0.3 is 0 Å². The van der Waals surface area contributed by atoms with Crippen molar-refractivity contribution in [2.75, 3.05) is 37.6 Å². The number of anilines is 1. The largest absolute Gasteiger partial charge is 0.489 e. The molecule has 1 unspecified atom stereocenters. The van der Waals surface area contributed by atoms with Crippen molar-refractivity contribution >= 4 is 46.8 Å². The van der Waals surface area contributed by atoms with Crippen LogP contribution >= 0.6 is 11.6 Å². The molecule has 3 aromatic carbocycles. The van der Waals surface area contributed by atoms with E-state index in [1.165, 1.54) is 0 Å². The lowest BCUT2D eigenvalue weighted by atomic mass is 9.49. The number of benzene rings is 3. The molecule has 1 atom stereocenters. The standard InChI is InChI=1S/C46H49ClN6O6/c1-44(2)42(45(3,4)43(44)59-32-10-7-28(22-48)35(47)19-32)50-38(55)27-5-8-31(9-6-27)52-15-13-26(14-16-52)23-51-24-46(25-51)20-29-17-33-34(18-30(29)21-46)41(58)53(40(33)57)36-11-12-37(54)49-39(36)56/h5-10,17-19,26,36,42-43H,11-16,20-21,23-25H2,1-4H3,(H,50,55)(H,49,54,56)/t36?,42-,43-. The van der Waals surface area contributed by atoms with Gasteiger partial charge in [-0.3, -0.25) is 34.2 Å². The van der Waals surface area contributed by atoms with Crippen LogP contribution in [-0.2, 0) is 22.4 Å². The van der Waals surface area contributed by atoms with Gasteiger partial charge in [0, 0.05) is 78.7 Å². The van der Waals surface area contributed by atoms with Gasteiger partial charge in [0.15, 0.2) is 0 Å². The van der Waals surface area contributed by atoms with Crippen LogP contribution < -0.4 is 20.3 Å². The Balaban J connectivity index is 0.738. The highest BCUT2D eigenvalue weighted by Gasteiger charge is 2.64. The van der Waals surface area contributed by atoms with E-state index in [4.69, 9.17) is 16.3 Å². The van der Waals surface area contributed by atoms with Crippen molar-refractivity contribution in [3.05, 3.63) is 93.0 Å². The maximum Gasteiger partial charge on any atom is 0.262 e. The minimum absolute atomic E-state index is 0.104. The van der Waals surface area contributed by atoms with Crippen molar-refractivity contribution in [2.24, 2.45) is 22.2 Å². The number of amides is 5. The second-order valence-electron chi connectivity index (χ2n) is 18.9. The number of ether oxygens (including phenoxy) is 1. The fourth-order valence-corrected chi connectivity index (χ4v) is 11.6. The summed E-state index contributed by atoms with van der Waals surface area (Å²) in [4.78, 5) is 70.4. The third-order valence-electron chi connectivity index (χ3n) is 14.1. The number of carbonyl (C=O) groups is 5. The number of imide groups is 2. The molecule has 1 spiro atoms. The van der Waals surface area contributed by atoms with Crippen LogP contribution in [0.4, 0.5) is 5.69 Å². The smallest absolute Gasteiger partial charge is 0.262 e. The lowest BCUT2D eigenvalue weighted by Gasteiger charge is -2.63. The highest BCUT2D eigenvalue weighted by molar-refractivity contribution is 6.31. The molecule has 2 N–H and O–H groups in total. The Labute approximate surface area is 349 Å². The molecule has 2 aliphatic carbocycles. The van der Waals surface area contributed by atoms with Gasteiger partial charge in [-0.15, -0.1) is 0 Å². The Hall–Kier alpha value is -5.25. The lowest BCUT2D eigenvalue weighted by molar-refractivity contribution is -0.164. The Bertz CT molecular complexity index is 2270. The number of hydrogen-bond donors (Lipinski definition) is 2. The number of nitriles is 1. The van der Waals surface area contributed by atoms with Gasteiger partial charge in [-0.1, -0.05) is 39.3 Å². The molecule has 9 rings (SSSR count). The van der Waals surface area contributed by atoms with Crippen molar-refractivity contribution < 1.29 is 28.7 Å². The molecule has 4 heterocycles. The molecule has 0 bridgehead atoms. The first-order valence-electron chi connectivity index (χ1n) is 20.7. The number of fused-ring (bicyclic) bond motifs is 2. The maximum absolute atomic E-state index is 13.5. The van der Waals surface area contributed by atoms with E-state index >= 15 is 0 Å². The molecular formula is C46H49ClN6O6. The van der Waals surface area contributed by atoms with E-state index in [-0.39, 0.29) is 53.0 Å². The SMILES string of the molecule is CC1(C)[C@H](NC(=O)c2ccc(N3CCC(CN4CC5(Cc6cc7c(cc6C5)C(=O)N(C5CCC(=O)NC5=O)C7=O)C4)CC3)cc2)C(C)(C)[C@H]1Oc1ccc(C#N)c(Cl)c1. The van der Waals surface area contributed by atoms with Gasteiger partial charge in [0.1, 0.15) is 24.0 Å². The van der Waals surface area contributed by atoms with E-state index in [0.717, 1.165) is 80.1 Å². The Morgan fingerprint density at radius 3 is 2.10 bits per heavy atom. The highest BCUT2D eigenvalue weighted by atomic mass is 35.5. The zero-order chi connectivity index (χ0) is 41.6. The van der Waals surface area contributed by atoms with Gasteiger partial charge in [-0.2, -0.15) is 5.26 Å². The van der Waals surface area contributed by atoms with E-state index in [2.05, 4.69) is 54.2 Å². The van der Waals surface area contributed by atoms with Crippen molar-refractivity contribution in [1.29, 1.82) is 5.26 Å². The van der Waals surface area contributed by atoms with Crippen LogP contribution in [0.25, 0.3) is 0 Å². The molecule has 5 amide bonds. The molecule has 12 nitrogen and oxygen atoms in total. The summed E-state index contributed by atoms with van der Waals surface area (Å²) in [6.45, 7) is 13.4. The average Bonchev–Trinajstić information content (AvgIpc) is 3.68. The van der Waals surface area contributed by atoms with Gasteiger partial charge in [-0.25, -0.2) is 0 Å². The third-order valence-corrected chi connectivity index (χ3v) is 14.4. The summed E-state index contributed by atoms with van der Waals surface area (Å²) < 4.78 is 6.39. The molecule has 4 fully saturated rings. The molecule has 6 aliphatic rings. The summed E-state index contributed by atoms with van der Waals surface area (Å²) >= 11 is 6.25. The van der Waals surface area contributed by atoms with Crippen LogP contribution in [0.3, 0.4) is 0 Å². The molecular weight excluding hydrogens is 768 g/mol. The summed E-state index contributed by atoms with van der Waals surface area (Å²) in [6, 6.07) is 17.8. The molecule has 3 saturated heterocycles. The zero-order valence-electron chi connectivity index (χ0n) is 33.9. The predicted molar refractivity (Wildman–Crippen MR) is 220 cm³/mol. The Morgan fingerprint density at radius 2 is 1.53 bits per heavy atom. The van der Waals surface area contributed by atoms with Crippen molar-refractivity contribution in [3.8, 4) is 11.8 Å². The Kier molecular flexibility index (Phi) is 9.44. The van der Waals surface area contributed by atoms with Gasteiger partial charge in [0.2, 0.25) is 11.8 Å². The maximum atomic E-state index is 13.5. The molecule has 4 aliphatic heterocycles. The second-order valence-corrected chi connectivity index (χ2v) is 19.3. The summed E-state index contributed by atoms with van der Waals surface area (Å²) in [5.74, 6) is -0.772. The Morgan fingerprint density at radius 1 is 0.898 bits per heavy atom. The number of rotatable bonds is 8. The molecule has 3 aromatic rings. The molecule has 0 aromatic heterocycles. The minimum atomic E-state index is -0.952. The zero-order valence-corrected chi connectivity index (χ0v) is 34.7. The van der Waals surface area contributed by atoms with E-state index in [1.54, 1.807) is 18.2 Å². The molecule has 13 heteroatoms. The number of nitrogens with one attached hydrogen (secondary N) is 2. The molecule has 0 radical (unpaired) electrons. The van der Waals surface area contributed by atoms with Crippen LogP contribution in [-0.4, -0.2) is 90.2 Å². The summed E-state index contributed by atoms with van der Waals surface area (Å²) in [6.07, 6.45) is 4.01. The number of carbonyl (C=O) groups excluding carboxylic acids is 5. The van der Waals surface area contributed by atoms with Crippen LogP contribution in [0.1, 0.15) is 101 Å². The fourth-order valence-electron chi connectivity index (χ4n) is 11.4. The fraction of sp³-hybridized carbons (Fsp3) is 0.478. The average molecular weight is 817 g/mol. The quantitative estimate of drug-likeness (QED) is 0.279.